The summed E-state index contributed by atoms with van der Waals surface area (Å²) in [5.41, 5.74) is 5.46. The fourth-order valence-electron chi connectivity index (χ4n) is 0.895. The Hall–Kier alpha value is -1.44. The summed E-state index contributed by atoms with van der Waals surface area (Å²) in [5, 5.41) is 2.93. The number of hydrogen-bond acceptors (Lipinski definition) is 7. The Balaban J connectivity index is 2.66. The van der Waals surface area contributed by atoms with Gasteiger partial charge in [0.15, 0.2) is 0 Å². The molecule has 0 aliphatic rings. The van der Waals surface area contributed by atoms with Gasteiger partial charge in [0, 0.05) is 28.9 Å². The van der Waals surface area contributed by atoms with E-state index < -0.39 is 10.8 Å². The van der Waals surface area contributed by atoms with Crippen LogP contribution in [0.5, 0.6) is 6.01 Å². The van der Waals surface area contributed by atoms with E-state index in [2.05, 4.69) is 20.3 Å². The third kappa shape index (κ3) is 3.61. The summed E-state index contributed by atoms with van der Waals surface area (Å²) in [5.74, 6) is 0.404. The Morgan fingerprint density at radius 3 is 2.75 bits per heavy atom. The number of nitrogens with two attached hydrogens (primary N) is 1. The number of methoxy groups -OCH3 is 1. The number of hydrogen-bond donors (Lipinski definition) is 2. The van der Waals surface area contributed by atoms with Crippen molar-refractivity contribution in [3.05, 3.63) is 0 Å². The van der Waals surface area contributed by atoms with Crippen molar-refractivity contribution in [3.63, 3.8) is 0 Å². The van der Waals surface area contributed by atoms with Gasteiger partial charge in [-0.2, -0.15) is 15.0 Å². The van der Waals surface area contributed by atoms with Gasteiger partial charge < -0.3 is 15.8 Å². The lowest BCUT2D eigenvalue weighted by atomic mass is 10.5. The van der Waals surface area contributed by atoms with Crippen molar-refractivity contribution in [2.75, 3.05) is 31.0 Å². The molecule has 3 N–H and O–H groups in total. The van der Waals surface area contributed by atoms with Gasteiger partial charge in [-0.25, -0.2) is 0 Å². The first-order valence-corrected chi connectivity index (χ1v) is 6.26. The maximum atomic E-state index is 11.1. The van der Waals surface area contributed by atoms with Crippen LogP contribution in [0.15, 0.2) is 0 Å². The van der Waals surface area contributed by atoms with Crippen LogP contribution in [-0.4, -0.2) is 44.3 Å². The Bertz CT molecular complexity index is 387. The molecule has 7 nitrogen and oxygen atoms in total. The van der Waals surface area contributed by atoms with Gasteiger partial charge in [0.2, 0.25) is 11.9 Å². The van der Waals surface area contributed by atoms with Gasteiger partial charge in [0.1, 0.15) is 0 Å². The molecule has 8 heteroatoms. The number of ether oxygens (including phenoxy) is 1. The van der Waals surface area contributed by atoms with Gasteiger partial charge in [-0.05, 0) is 6.92 Å². The number of nitrogens with zero attached hydrogens (tertiary/aromatic N) is 3. The van der Waals surface area contributed by atoms with Crippen molar-refractivity contribution in [2.45, 2.75) is 12.2 Å². The number of nitrogen functional groups attached to an aromatic ring is 1. The largest absolute Gasteiger partial charge is 0.467 e. The van der Waals surface area contributed by atoms with E-state index in [9.17, 15) is 4.21 Å². The molecule has 0 amide bonds. The lowest BCUT2D eigenvalue weighted by Crippen LogP contribution is -2.22. The Morgan fingerprint density at radius 1 is 1.50 bits per heavy atom. The standard InChI is InChI=1S/C8H15N5O2S/c1-5(16(3)14)4-10-7-11-6(9)12-8(13-7)15-2/h5H,4H2,1-3H3,(H3,9,10,11,12,13). The van der Waals surface area contributed by atoms with Crippen LogP contribution < -0.4 is 15.8 Å². The van der Waals surface area contributed by atoms with Crippen LogP contribution in [0.1, 0.15) is 6.92 Å². The zero-order valence-electron chi connectivity index (χ0n) is 9.43. The molecule has 1 rings (SSSR count). The summed E-state index contributed by atoms with van der Waals surface area (Å²) in [6.45, 7) is 2.36. The van der Waals surface area contributed by atoms with Gasteiger partial charge in [-0.15, -0.1) is 0 Å². The van der Waals surface area contributed by atoms with E-state index in [4.69, 9.17) is 10.5 Å². The second-order valence-corrected chi connectivity index (χ2v) is 5.00. The molecule has 0 saturated carbocycles. The highest BCUT2D eigenvalue weighted by Crippen LogP contribution is 2.08. The number of aromatic nitrogens is 3. The van der Waals surface area contributed by atoms with E-state index in [0.717, 1.165) is 0 Å². The topological polar surface area (TPSA) is 103 Å². The van der Waals surface area contributed by atoms with E-state index in [1.54, 1.807) is 6.26 Å². The normalized spacial score (nSPS) is 14.2. The van der Waals surface area contributed by atoms with E-state index in [0.29, 0.717) is 12.5 Å². The molecule has 0 radical (unpaired) electrons. The Kier molecular flexibility index (Phi) is 4.41. The molecule has 1 aromatic heterocycles. The second-order valence-electron chi connectivity index (χ2n) is 3.19. The summed E-state index contributed by atoms with van der Waals surface area (Å²) in [7, 11) is 0.554. The molecule has 2 atom stereocenters. The molecule has 0 fully saturated rings. The van der Waals surface area contributed by atoms with E-state index >= 15 is 0 Å². The van der Waals surface area contributed by atoms with Crippen LogP contribution in [0, 0.1) is 0 Å². The number of anilines is 2. The highest BCUT2D eigenvalue weighted by atomic mass is 32.2. The molecule has 0 bridgehead atoms. The third-order valence-electron chi connectivity index (χ3n) is 1.93. The molecule has 0 saturated heterocycles. The van der Waals surface area contributed by atoms with Crippen LogP contribution in [0.2, 0.25) is 0 Å². The smallest absolute Gasteiger partial charge is 0.322 e. The molecule has 2 unspecified atom stereocenters. The van der Waals surface area contributed by atoms with Crippen molar-refractivity contribution in [2.24, 2.45) is 0 Å². The summed E-state index contributed by atoms with van der Waals surface area (Å²) >= 11 is 0. The first kappa shape index (κ1) is 12.6. The lowest BCUT2D eigenvalue weighted by Gasteiger charge is -2.10. The van der Waals surface area contributed by atoms with Gasteiger partial charge in [0.25, 0.3) is 0 Å². The van der Waals surface area contributed by atoms with Crippen LogP contribution in [0.3, 0.4) is 0 Å². The third-order valence-corrected chi connectivity index (χ3v) is 3.23. The molecule has 0 aliphatic heterocycles. The van der Waals surface area contributed by atoms with Gasteiger partial charge >= 0.3 is 6.01 Å². The van der Waals surface area contributed by atoms with Crippen LogP contribution in [0.4, 0.5) is 11.9 Å². The van der Waals surface area contributed by atoms with Crippen molar-refractivity contribution >= 4 is 22.7 Å². The van der Waals surface area contributed by atoms with Crippen molar-refractivity contribution in [1.29, 1.82) is 0 Å². The fourth-order valence-corrected chi connectivity index (χ4v) is 1.21. The predicted molar refractivity (Wildman–Crippen MR) is 62.8 cm³/mol. The minimum atomic E-state index is -0.893. The summed E-state index contributed by atoms with van der Waals surface area (Å²) in [4.78, 5) is 11.6. The van der Waals surface area contributed by atoms with E-state index in [1.165, 1.54) is 7.11 Å². The zero-order valence-corrected chi connectivity index (χ0v) is 10.2. The first-order chi connectivity index (χ1) is 7.52. The second kappa shape index (κ2) is 5.59. The average Bonchev–Trinajstić information content (AvgIpc) is 2.24. The minimum absolute atomic E-state index is 0.00369. The Morgan fingerprint density at radius 2 is 2.19 bits per heavy atom. The van der Waals surface area contributed by atoms with Crippen LogP contribution >= 0.6 is 0 Å². The summed E-state index contributed by atoms with van der Waals surface area (Å²) in [6, 6.07) is 0.153. The SMILES string of the molecule is COc1nc(N)nc(NCC(C)S(C)=O)n1. The van der Waals surface area contributed by atoms with Gasteiger partial charge in [0.05, 0.1) is 7.11 Å². The van der Waals surface area contributed by atoms with Crippen molar-refractivity contribution in [1.82, 2.24) is 15.0 Å². The predicted octanol–water partition coefficient (Wildman–Crippen LogP) is -0.359. The van der Waals surface area contributed by atoms with Crippen LogP contribution in [0.25, 0.3) is 0 Å². The zero-order chi connectivity index (χ0) is 12.1. The van der Waals surface area contributed by atoms with E-state index in [1.807, 2.05) is 6.92 Å². The maximum absolute atomic E-state index is 11.1. The highest BCUT2D eigenvalue weighted by molar-refractivity contribution is 7.84. The van der Waals surface area contributed by atoms with Gasteiger partial charge in [-0.3, -0.25) is 4.21 Å². The summed E-state index contributed by atoms with van der Waals surface area (Å²) in [6.07, 6.45) is 1.65. The molecular weight excluding hydrogens is 230 g/mol. The number of nitrogens with one attached hydrogen (secondary N) is 1. The first-order valence-electron chi connectivity index (χ1n) is 4.64. The fraction of sp³-hybridized carbons (Fsp3) is 0.625. The monoisotopic (exact) mass is 245 g/mol. The molecule has 0 aliphatic carbocycles. The highest BCUT2D eigenvalue weighted by Gasteiger charge is 2.08. The number of rotatable bonds is 5. The average molecular weight is 245 g/mol. The van der Waals surface area contributed by atoms with Crippen molar-refractivity contribution < 1.29 is 8.95 Å². The summed E-state index contributed by atoms with van der Waals surface area (Å²) < 4.78 is 16.0. The van der Waals surface area contributed by atoms with Crippen molar-refractivity contribution in [3.8, 4) is 6.01 Å². The van der Waals surface area contributed by atoms with E-state index in [-0.39, 0.29) is 17.2 Å². The molecule has 1 heterocycles. The quantitative estimate of drug-likeness (QED) is 0.730. The Labute approximate surface area is 96.3 Å². The van der Waals surface area contributed by atoms with Gasteiger partial charge in [-0.1, -0.05) is 0 Å². The van der Waals surface area contributed by atoms with Crippen LogP contribution in [-0.2, 0) is 10.8 Å². The molecule has 90 valence electrons. The maximum Gasteiger partial charge on any atom is 0.322 e. The molecular formula is C8H15N5O2S. The molecule has 0 aromatic carbocycles. The molecule has 0 spiro atoms. The lowest BCUT2D eigenvalue weighted by molar-refractivity contribution is 0.379. The minimum Gasteiger partial charge on any atom is -0.467 e. The molecule has 1 aromatic rings. The molecule has 16 heavy (non-hydrogen) atoms.